The standard InChI is InChI=1S/C7H8F2N2O2/c8-6(9)4-1-5(13)3(2-12)7(10)11-4/h1,6,12H,2H2,(H3,10,11,13). The highest BCUT2D eigenvalue weighted by molar-refractivity contribution is 5.39. The number of H-pyrrole nitrogens is 1. The number of nitrogens with two attached hydrogens (primary N) is 1. The number of nitrogen functional groups attached to an aromatic ring is 1. The lowest BCUT2D eigenvalue weighted by molar-refractivity contribution is 0.146. The van der Waals surface area contributed by atoms with Crippen molar-refractivity contribution in [2.45, 2.75) is 13.0 Å². The van der Waals surface area contributed by atoms with Crippen LogP contribution in [0.1, 0.15) is 17.7 Å². The fourth-order valence-electron chi connectivity index (χ4n) is 0.909. The third-order valence-electron chi connectivity index (χ3n) is 1.58. The number of hydrogen-bond donors (Lipinski definition) is 3. The molecule has 4 nitrogen and oxygen atoms in total. The molecule has 0 atom stereocenters. The van der Waals surface area contributed by atoms with Crippen molar-refractivity contribution in [3.63, 3.8) is 0 Å². The van der Waals surface area contributed by atoms with Gasteiger partial charge in [0.25, 0.3) is 6.43 Å². The van der Waals surface area contributed by atoms with Gasteiger partial charge in [0.15, 0.2) is 5.43 Å². The number of aliphatic hydroxyl groups is 1. The van der Waals surface area contributed by atoms with Gasteiger partial charge in [-0.1, -0.05) is 0 Å². The average Bonchev–Trinajstić information content (AvgIpc) is 2.03. The van der Waals surface area contributed by atoms with Gasteiger partial charge in [-0.25, -0.2) is 8.78 Å². The smallest absolute Gasteiger partial charge is 0.278 e. The molecule has 0 saturated carbocycles. The van der Waals surface area contributed by atoms with Crippen LogP contribution < -0.4 is 11.2 Å². The molecule has 1 aromatic rings. The molecule has 72 valence electrons. The Morgan fingerprint density at radius 3 is 2.62 bits per heavy atom. The molecule has 0 amide bonds. The van der Waals surface area contributed by atoms with Crippen LogP contribution in [0, 0.1) is 0 Å². The maximum absolute atomic E-state index is 12.1. The maximum atomic E-state index is 12.1. The monoisotopic (exact) mass is 190 g/mol. The molecular formula is C7H8F2N2O2. The zero-order valence-electron chi connectivity index (χ0n) is 6.55. The van der Waals surface area contributed by atoms with E-state index in [0.29, 0.717) is 0 Å². The van der Waals surface area contributed by atoms with Gasteiger partial charge in [-0.15, -0.1) is 0 Å². The Labute approximate surface area is 72.0 Å². The minimum absolute atomic E-state index is 0.0931. The molecule has 1 heterocycles. The summed E-state index contributed by atoms with van der Waals surface area (Å²) in [5.74, 6) is -0.217. The zero-order chi connectivity index (χ0) is 10.0. The zero-order valence-corrected chi connectivity index (χ0v) is 6.55. The largest absolute Gasteiger partial charge is 0.391 e. The normalized spacial score (nSPS) is 10.8. The molecule has 0 radical (unpaired) electrons. The number of pyridine rings is 1. The Bertz CT molecular complexity index is 362. The lowest BCUT2D eigenvalue weighted by atomic mass is 10.2. The van der Waals surface area contributed by atoms with Crippen LogP contribution in [-0.2, 0) is 6.61 Å². The number of aliphatic hydroxyl groups excluding tert-OH is 1. The van der Waals surface area contributed by atoms with Gasteiger partial charge in [0, 0.05) is 6.07 Å². The predicted molar refractivity (Wildman–Crippen MR) is 42.4 cm³/mol. The summed E-state index contributed by atoms with van der Waals surface area (Å²) < 4.78 is 24.1. The summed E-state index contributed by atoms with van der Waals surface area (Å²) >= 11 is 0. The van der Waals surface area contributed by atoms with Gasteiger partial charge < -0.3 is 15.8 Å². The number of anilines is 1. The van der Waals surface area contributed by atoms with E-state index in [1.165, 1.54) is 0 Å². The lowest BCUT2D eigenvalue weighted by Gasteiger charge is -2.04. The van der Waals surface area contributed by atoms with Crippen molar-refractivity contribution >= 4 is 5.82 Å². The van der Waals surface area contributed by atoms with E-state index in [9.17, 15) is 13.6 Å². The van der Waals surface area contributed by atoms with E-state index < -0.39 is 24.2 Å². The first-order valence-corrected chi connectivity index (χ1v) is 3.47. The summed E-state index contributed by atoms with van der Waals surface area (Å²) in [5.41, 5.74) is 3.90. The van der Waals surface area contributed by atoms with E-state index in [0.717, 1.165) is 6.07 Å². The topological polar surface area (TPSA) is 79.1 Å². The van der Waals surface area contributed by atoms with Crippen molar-refractivity contribution < 1.29 is 13.9 Å². The van der Waals surface area contributed by atoms with Gasteiger partial charge in [0.05, 0.1) is 17.9 Å². The molecule has 4 N–H and O–H groups in total. The summed E-state index contributed by atoms with van der Waals surface area (Å²) in [6.07, 6.45) is -2.78. The van der Waals surface area contributed by atoms with E-state index >= 15 is 0 Å². The quantitative estimate of drug-likeness (QED) is 0.631. The Kier molecular flexibility index (Phi) is 2.62. The van der Waals surface area contributed by atoms with E-state index in [4.69, 9.17) is 10.8 Å². The fraction of sp³-hybridized carbons (Fsp3) is 0.286. The summed E-state index contributed by atoms with van der Waals surface area (Å²) in [6.45, 7) is -0.565. The molecule has 0 aliphatic rings. The van der Waals surface area contributed by atoms with E-state index in [2.05, 4.69) is 4.98 Å². The highest BCUT2D eigenvalue weighted by Crippen LogP contribution is 2.16. The van der Waals surface area contributed by atoms with E-state index in [1.54, 1.807) is 0 Å². The number of rotatable bonds is 2. The van der Waals surface area contributed by atoms with Crippen LogP contribution in [-0.4, -0.2) is 10.1 Å². The van der Waals surface area contributed by atoms with Crippen molar-refractivity contribution in [3.8, 4) is 0 Å². The van der Waals surface area contributed by atoms with Crippen LogP contribution in [0.25, 0.3) is 0 Å². The molecular weight excluding hydrogens is 182 g/mol. The van der Waals surface area contributed by atoms with Crippen LogP contribution in [0.15, 0.2) is 10.9 Å². The summed E-state index contributed by atoms with van der Waals surface area (Å²) in [4.78, 5) is 13.1. The van der Waals surface area contributed by atoms with Gasteiger partial charge in [-0.05, 0) is 0 Å². The minimum atomic E-state index is -2.78. The highest BCUT2D eigenvalue weighted by Gasteiger charge is 2.12. The third-order valence-corrected chi connectivity index (χ3v) is 1.58. The molecule has 0 aliphatic heterocycles. The van der Waals surface area contributed by atoms with Crippen LogP contribution in [0.2, 0.25) is 0 Å². The Morgan fingerprint density at radius 1 is 1.62 bits per heavy atom. The number of halogens is 2. The van der Waals surface area contributed by atoms with Crippen molar-refractivity contribution in [2.75, 3.05) is 5.73 Å². The number of aromatic nitrogens is 1. The molecule has 0 saturated heterocycles. The minimum Gasteiger partial charge on any atom is -0.391 e. The molecule has 0 bridgehead atoms. The first kappa shape index (κ1) is 9.66. The summed E-state index contributed by atoms with van der Waals surface area (Å²) in [5, 5.41) is 8.64. The molecule has 0 fully saturated rings. The van der Waals surface area contributed by atoms with Crippen LogP contribution in [0.3, 0.4) is 0 Å². The number of hydrogen-bond acceptors (Lipinski definition) is 3. The maximum Gasteiger partial charge on any atom is 0.278 e. The second-order valence-corrected chi connectivity index (χ2v) is 2.44. The summed E-state index contributed by atoms with van der Waals surface area (Å²) in [6, 6.07) is 0.729. The van der Waals surface area contributed by atoms with Crippen molar-refractivity contribution in [1.82, 2.24) is 4.98 Å². The van der Waals surface area contributed by atoms with Crippen LogP contribution in [0.5, 0.6) is 0 Å². The Hall–Kier alpha value is -1.43. The van der Waals surface area contributed by atoms with Crippen molar-refractivity contribution in [1.29, 1.82) is 0 Å². The molecule has 13 heavy (non-hydrogen) atoms. The SMILES string of the molecule is Nc1[nH]c(C(F)F)cc(=O)c1CO. The average molecular weight is 190 g/mol. The van der Waals surface area contributed by atoms with Crippen molar-refractivity contribution in [2.24, 2.45) is 0 Å². The summed E-state index contributed by atoms with van der Waals surface area (Å²) in [7, 11) is 0. The second-order valence-electron chi connectivity index (χ2n) is 2.44. The third kappa shape index (κ3) is 1.83. The number of alkyl halides is 2. The molecule has 0 spiro atoms. The predicted octanol–water partition coefficient (Wildman–Crippen LogP) is 0.387. The van der Waals surface area contributed by atoms with Crippen molar-refractivity contribution in [3.05, 3.63) is 27.5 Å². The van der Waals surface area contributed by atoms with Gasteiger partial charge in [-0.2, -0.15) is 0 Å². The molecule has 0 aromatic carbocycles. The van der Waals surface area contributed by atoms with Gasteiger partial charge in [0.1, 0.15) is 5.82 Å². The van der Waals surface area contributed by atoms with Gasteiger partial charge >= 0.3 is 0 Å². The van der Waals surface area contributed by atoms with Crippen LogP contribution >= 0.6 is 0 Å². The van der Waals surface area contributed by atoms with E-state index in [1.807, 2.05) is 0 Å². The Morgan fingerprint density at radius 2 is 2.23 bits per heavy atom. The number of nitrogens with one attached hydrogen (secondary N) is 1. The molecule has 1 rings (SSSR count). The second kappa shape index (κ2) is 3.53. The molecule has 0 aliphatic carbocycles. The van der Waals surface area contributed by atoms with E-state index in [-0.39, 0.29) is 11.4 Å². The molecule has 1 aromatic heterocycles. The van der Waals surface area contributed by atoms with Gasteiger partial charge in [-0.3, -0.25) is 4.79 Å². The lowest BCUT2D eigenvalue weighted by Crippen LogP contribution is -2.15. The molecule has 0 unspecified atom stereocenters. The first-order valence-electron chi connectivity index (χ1n) is 3.47. The Balaban J connectivity index is 3.29. The first-order chi connectivity index (χ1) is 6.06. The molecule has 6 heteroatoms. The number of aromatic amines is 1. The van der Waals surface area contributed by atoms with Crippen LogP contribution in [0.4, 0.5) is 14.6 Å². The fourth-order valence-corrected chi connectivity index (χ4v) is 0.909. The van der Waals surface area contributed by atoms with Gasteiger partial charge in [0.2, 0.25) is 0 Å². The highest BCUT2D eigenvalue weighted by atomic mass is 19.3.